The van der Waals surface area contributed by atoms with Crippen LogP contribution in [0.4, 0.5) is 0 Å². The summed E-state index contributed by atoms with van der Waals surface area (Å²) in [5, 5.41) is 0. The van der Waals surface area contributed by atoms with Gasteiger partial charge in [0, 0.05) is 6.04 Å². The van der Waals surface area contributed by atoms with E-state index in [4.69, 9.17) is 0 Å². The lowest BCUT2D eigenvalue weighted by Gasteiger charge is -2.47. The van der Waals surface area contributed by atoms with Gasteiger partial charge in [0.05, 0.1) is 15.7 Å². The lowest BCUT2D eigenvalue weighted by Crippen LogP contribution is -2.53. The molecule has 19 heavy (non-hydrogen) atoms. The van der Waals surface area contributed by atoms with Gasteiger partial charge in [-0.05, 0) is 70.1 Å². The molecule has 3 rings (SSSR count). The van der Waals surface area contributed by atoms with Gasteiger partial charge in [-0.3, -0.25) is 0 Å². The third kappa shape index (κ3) is 2.31. The standard InChI is InChI=1S/C16H29NOS/c1-15(2,3)19(18)17-14-12-7-8-13(11-12)16(14)9-5-4-6-10-16/h12-14,17H,4-11H2,1-3H3/t12-,13+,14+,19?/m1/s1. The Labute approximate surface area is 120 Å². The van der Waals surface area contributed by atoms with Crippen LogP contribution in [0.3, 0.4) is 0 Å². The van der Waals surface area contributed by atoms with E-state index in [0.29, 0.717) is 11.5 Å². The molecule has 1 unspecified atom stereocenters. The molecule has 3 aliphatic carbocycles. The third-order valence-corrected chi connectivity index (χ3v) is 7.53. The Balaban J connectivity index is 1.80. The molecule has 0 aromatic carbocycles. The van der Waals surface area contributed by atoms with Crippen LogP contribution in [-0.2, 0) is 11.0 Å². The molecule has 3 fully saturated rings. The second-order valence-corrected chi connectivity index (χ2v) is 10.0. The molecule has 0 aliphatic heterocycles. The number of nitrogens with one attached hydrogen (secondary N) is 1. The molecule has 2 nitrogen and oxygen atoms in total. The Bertz CT molecular complexity index is 367. The topological polar surface area (TPSA) is 29.1 Å². The smallest absolute Gasteiger partial charge is 0.0973 e. The molecule has 0 aromatic rings. The summed E-state index contributed by atoms with van der Waals surface area (Å²) in [5.41, 5.74) is 0.502. The summed E-state index contributed by atoms with van der Waals surface area (Å²) in [6.45, 7) is 6.24. The van der Waals surface area contributed by atoms with Crippen molar-refractivity contribution in [3.05, 3.63) is 0 Å². The fourth-order valence-electron chi connectivity index (χ4n) is 5.00. The van der Waals surface area contributed by atoms with Crippen LogP contribution in [-0.4, -0.2) is 15.0 Å². The van der Waals surface area contributed by atoms with Crippen molar-refractivity contribution in [1.29, 1.82) is 0 Å². The number of hydrogen-bond donors (Lipinski definition) is 1. The summed E-state index contributed by atoms with van der Waals surface area (Å²) in [7, 11) is -0.907. The largest absolute Gasteiger partial charge is 0.242 e. The number of fused-ring (bicyclic) bond motifs is 3. The summed E-state index contributed by atoms with van der Waals surface area (Å²) in [4.78, 5) is 0. The van der Waals surface area contributed by atoms with Crippen LogP contribution >= 0.6 is 0 Å². The van der Waals surface area contributed by atoms with Crippen LogP contribution < -0.4 is 4.72 Å². The van der Waals surface area contributed by atoms with Gasteiger partial charge in [-0.15, -0.1) is 0 Å². The first-order valence-electron chi connectivity index (χ1n) is 8.11. The van der Waals surface area contributed by atoms with Crippen LogP contribution in [0.25, 0.3) is 0 Å². The highest BCUT2D eigenvalue weighted by atomic mass is 32.2. The van der Waals surface area contributed by atoms with E-state index in [1.807, 2.05) is 0 Å². The molecular weight excluding hydrogens is 254 g/mol. The van der Waals surface area contributed by atoms with Gasteiger partial charge >= 0.3 is 0 Å². The SMILES string of the molecule is CC(C)(C)S(=O)N[C@H]1[C@@H]2CC[C@@H](C2)C12CCCCC2. The van der Waals surface area contributed by atoms with Crippen LogP contribution in [0, 0.1) is 17.3 Å². The minimum atomic E-state index is -0.907. The maximum absolute atomic E-state index is 12.5. The lowest BCUT2D eigenvalue weighted by molar-refractivity contribution is 0.0707. The minimum Gasteiger partial charge on any atom is -0.242 e. The van der Waals surface area contributed by atoms with Gasteiger partial charge in [-0.1, -0.05) is 19.3 Å². The van der Waals surface area contributed by atoms with Crippen molar-refractivity contribution in [3.8, 4) is 0 Å². The molecule has 0 heterocycles. The highest BCUT2D eigenvalue weighted by molar-refractivity contribution is 7.84. The zero-order valence-corrected chi connectivity index (χ0v) is 13.5. The summed E-state index contributed by atoms with van der Waals surface area (Å²) < 4.78 is 16.0. The molecule has 0 radical (unpaired) electrons. The van der Waals surface area contributed by atoms with Gasteiger partial charge in [0.15, 0.2) is 0 Å². The van der Waals surface area contributed by atoms with Crippen molar-refractivity contribution in [2.45, 2.75) is 82.9 Å². The van der Waals surface area contributed by atoms with Crippen molar-refractivity contribution in [2.75, 3.05) is 0 Å². The van der Waals surface area contributed by atoms with E-state index in [9.17, 15) is 4.21 Å². The Hall–Kier alpha value is 0.110. The summed E-state index contributed by atoms with van der Waals surface area (Å²) >= 11 is 0. The summed E-state index contributed by atoms with van der Waals surface area (Å²) in [5.74, 6) is 1.72. The number of rotatable bonds is 2. The maximum Gasteiger partial charge on any atom is 0.0973 e. The average Bonchev–Trinajstić information content (AvgIpc) is 2.92. The Morgan fingerprint density at radius 2 is 1.79 bits per heavy atom. The molecule has 3 saturated carbocycles. The van der Waals surface area contributed by atoms with E-state index in [2.05, 4.69) is 25.5 Å². The van der Waals surface area contributed by atoms with E-state index >= 15 is 0 Å². The van der Waals surface area contributed by atoms with Crippen molar-refractivity contribution in [2.24, 2.45) is 17.3 Å². The molecule has 0 amide bonds. The van der Waals surface area contributed by atoms with Gasteiger partial charge in [-0.2, -0.15) is 0 Å². The van der Waals surface area contributed by atoms with Crippen LogP contribution in [0.2, 0.25) is 0 Å². The lowest BCUT2D eigenvalue weighted by atomic mass is 9.62. The minimum absolute atomic E-state index is 0.141. The molecule has 110 valence electrons. The quantitative estimate of drug-likeness (QED) is 0.821. The van der Waals surface area contributed by atoms with Crippen molar-refractivity contribution >= 4 is 11.0 Å². The fourth-order valence-corrected chi connectivity index (χ4v) is 6.01. The highest BCUT2D eigenvalue weighted by Gasteiger charge is 2.58. The fraction of sp³-hybridized carbons (Fsp3) is 1.00. The van der Waals surface area contributed by atoms with Gasteiger partial charge in [0.25, 0.3) is 0 Å². The third-order valence-electron chi connectivity index (χ3n) is 5.95. The zero-order chi connectivity index (χ0) is 13.7. The van der Waals surface area contributed by atoms with E-state index < -0.39 is 11.0 Å². The predicted octanol–water partition coefficient (Wildman–Crippen LogP) is 3.79. The van der Waals surface area contributed by atoms with Crippen LogP contribution in [0.15, 0.2) is 0 Å². The van der Waals surface area contributed by atoms with Gasteiger partial charge in [0.2, 0.25) is 0 Å². The second kappa shape index (κ2) is 4.84. The molecule has 3 heteroatoms. The van der Waals surface area contributed by atoms with Crippen molar-refractivity contribution in [3.63, 3.8) is 0 Å². The first-order valence-corrected chi connectivity index (χ1v) is 9.26. The first kappa shape index (κ1) is 14.1. The number of hydrogen-bond acceptors (Lipinski definition) is 1. The molecule has 1 spiro atoms. The molecule has 4 atom stereocenters. The van der Waals surface area contributed by atoms with E-state index in [1.165, 1.54) is 51.4 Å². The Morgan fingerprint density at radius 3 is 2.42 bits per heavy atom. The zero-order valence-electron chi connectivity index (χ0n) is 12.7. The average molecular weight is 283 g/mol. The predicted molar refractivity (Wildman–Crippen MR) is 81.2 cm³/mol. The monoisotopic (exact) mass is 283 g/mol. The Morgan fingerprint density at radius 1 is 1.11 bits per heavy atom. The van der Waals surface area contributed by atoms with E-state index in [-0.39, 0.29) is 4.75 Å². The molecule has 0 aromatic heterocycles. The highest BCUT2D eigenvalue weighted by Crippen LogP contribution is 2.61. The van der Waals surface area contributed by atoms with Gasteiger partial charge in [-0.25, -0.2) is 8.93 Å². The van der Waals surface area contributed by atoms with E-state index in [1.54, 1.807) is 0 Å². The molecular formula is C16H29NOS. The Kier molecular flexibility index (Phi) is 3.58. The first-order chi connectivity index (χ1) is 8.93. The van der Waals surface area contributed by atoms with Crippen molar-refractivity contribution < 1.29 is 4.21 Å². The summed E-state index contributed by atoms with van der Waals surface area (Å²) in [6.07, 6.45) is 11.2. The molecule has 3 aliphatic rings. The van der Waals surface area contributed by atoms with Gasteiger partial charge < -0.3 is 0 Å². The van der Waals surface area contributed by atoms with Crippen molar-refractivity contribution in [1.82, 2.24) is 4.72 Å². The normalized spacial score (nSPS) is 38.8. The maximum atomic E-state index is 12.5. The van der Waals surface area contributed by atoms with Crippen LogP contribution in [0.1, 0.15) is 72.1 Å². The van der Waals surface area contributed by atoms with E-state index in [0.717, 1.165) is 11.8 Å². The molecule has 2 bridgehead atoms. The summed E-state index contributed by atoms with van der Waals surface area (Å²) in [6, 6.07) is 0.534. The van der Waals surface area contributed by atoms with Gasteiger partial charge in [0.1, 0.15) is 0 Å². The van der Waals surface area contributed by atoms with Crippen LogP contribution in [0.5, 0.6) is 0 Å². The molecule has 0 saturated heterocycles. The second-order valence-electron chi connectivity index (χ2n) is 8.04. The molecule has 1 N–H and O–H groups in total.